The number of nitrogens with one attached hydrogen (secondary N) is 1. The molecule has 0 saturated carbocycles. The normalized spacial score (nSPS) is 10.8. The molecule has 3 aromatic carbocycles. The highest BCUT2D eigenvalue weighted by molar-refractivity contribution is 9.10. The van der Waals surface area contributed by atoms with E-state index in [4.69, 9.17) is 4.42 Å². The van der Waals surface area contributed by atoms with Crippen molar-refractivity contribution in [1.82, 2.24) is 0 Å². The van der Waals surface area contributed by atoms with Gasteiger partial charge in [0.25, 0.3) is 5.91 Å². The molecule has 1 amide bonds. The molecule has 3 nitrogen and oxygen atoms in total. The van der Waals surface area contributed by atoms with Crippen molar-refractivity contribution in [3.05, 3.63) is 89.1 Å². The van der Waals surface area contributed by atoms with E-state index < -0.39 is 0 Å². The summed E-state index contributed by atoms with van der Waals surface area (Å²) in [6, 6.07) is 25.0. The van der Waals surface area contributed by atoms with Crippen molar-refractivity contribution in [2.24, 2.45) is 0 Å². The van der Waals surface area contributed by atoms with Crippen LogP contribution >= 0.6 is 15.9 Å². The molecule has 4 aromatic rings. The molecule has 1 aromatic heterocycles. The van der Waals surface area contributed by atoms with Gasteiger partial charge in [-0.3, -0.25) is 4.79 Å². The third kappa shape index (κ3) is 3.21. The topological polar surface area (TPSA) is 42.2 Å². The molecular formula is C21H14BrNO2. The second-order valence-electron chi connectivity index (χ2n) is 5.65. The van der Waals surface area contributed by atoms with Gasteiger partial charge in [-0.2, -0.15) is 0 Å². The Morgan fingerprint density at radius 2 is 1.60 bits per heavy atom. The van der Waals surface area contributed by atoms with E-state index >= 15 is 0 Å². The first-order valence-corrected chi connectivity index (χ1v) is 8.65. The Labute approximate surface area is 153 Å². The van der Waals surface area contributed by atoms with Crippen molar-refractivity contribution >= 4 is 38.3 Å². The number of furan rings is 1. The zero-order chi connectivity index (χ0) is 17.2. The molecule has 4 rings (SSSR count). The number of carbonyl (C=O) groups excluding carboxylic acids is 1. The number of rotatable bonds is 3. The molecular weight excluding hydrogens is 378 g/mol. The summed E-state index contributed by atoms with van der Waals surface area (Å²) in [5.41, 5.74) is 1.69. The van der Waals surface area contributed by atoms with Gasteiger partial charge in [0.05, 0.1) is 0 Å². The van der Waals surface area contributed by atoms with Crippen molar-refractivity contribution in [1.29, 1.82) is 0 Å². The summed E-state index contributed by atoms with van der Waals surface area (Å²) in [5, 5.41) is 5.01. The van der Waals surface area contributed by atoms with Crippen LogP contribution in [0.4, 0.5) is 5.69 Å². The first kappa shape index (κ1) is 15.7. The summed E-state index contributed by atoms with van der Waals surface area (Å²) in [7, 11) is 0. The van der Waals surface area contributed by atoms with Gasteiger partial charge in [-0.05, 0) is 35.7 Å². The Hall–Kier alpha value is -2.85. The number of anilines is 1. The fourth-order valence-electron chi connectivity index (χ4n) is 2.75. The summed E-state index contributed by atoms with van der Waals surface area (Å²) in [5.74, 6) is 0.682. The Morgan fingerprint density at radius 3 is 2.44 bits per heavy atom. The predicted molar refractivity (Wildman–Crippen MR) is 104 cm³/mol. The van der Waals surface area contributed by atoms with E-state index in [1.165, 1.54) is 0 Å². The van der Waals surface area contributed by atoms with Crippen LogP contribution < -0.4 is 5.32 Å². The monoisotopic (exact) mass is 391 g/mol. The highest BCUT2D eigenvalue weighted by Gasteiger charge is 2.13. The van der Waals surface area contributed by atoms with Crippen molar-refractivity contribution < 1.29 is 9.21 Å². The first-order chi connectivity index (χ1) is 12.2. The van der Waals surface area contributed by atoms with E-state index in [-0.39, 0.29) is 11.7 Å². The van der Waals surface area contributed by atoms with Gasteiger partial charge in [-0.25, -0.2) is 0 Å². The van der Waals surface area contributed by atoms with Crippen LogP contribution in [0.25, 0.3) is 22.1 Å². The van der Waals surface area contributed by atoms with Crippen LogP contribution in [0.3, 0.4) is 0 Å². The van der Waals surface area contributed by atoms with Gasteiger partial charge >= 0.3 is 0 Å². The smallest absolute Gasteiger partial charge is 0.291 e. The lowest BCUT2D eigenvalue weighted by Gasteiger charge is -2.07. The average Bonchev–Trinajstić information content (AvgIpc) is 3.13. The lowest BCUT2D eigenvalue weighted by Crippen LogP contribution is -2.11. The van der Waals surface area contributed by atoms with Crippen LogP contribution in [0.5, 0.6) is 0 Å². The lowest BCUT2D eigenvalue weighted by atomic mass is 10.1. The molecule has 4 heteroatoms. The number of hydrogen-bond acceptors (Lipinski definition) is 2. The fraction of sp³-hybridized carbons (Fsp3) is 0. The van der Waals surface area contributed by atoms with E-state index in [0.717, 1.165) is 26.5 Å². The van der Waals surface area contributed by atoms with Crippen LogP contribution in [0, 0.1) is 0 Å². The van der Waals surface area contributed by atoms with Crippen molar-refractivity contribution in [2.75, 3.05) is 5.32 Å². The molecule has 0 bridgehead atoms. The van der Waals surface area contributed by atoms with Gasteiger partial charge in [0, 0.05) is 21.1 Å². The second-order valence-corrected chi connectivity index (χ2v) is 6.57. The molecule has 1 heterocycles. The standard InChI is InChI=1S/C21H14BrNO2/c22-16-10-8-15(9-11-16)19-12-13-20(25-19)21(24)23-18-7-3-5-14-4-1-2-6-17(14)18/h1-13H,(H,23,24). The molecule has 0 radical (unpaired) electrons. The Morgan fingerprint density at radius 1 is 0.840 bits per heavy atom. The molecule has 122 valence electrons. The van der Waals surface area contributed by atoms with Gasteiger partial charge in [-0.15, -0.1) is 0 Å². The first-order valence-electron chi connectivity index (χ1n) is 7.85. The van der Waals surface area contributed by atoms with Crippen LogP contribution in [0.1, 0.15) is 10.6 Å². The Balaban J connectivity index is 1.60. The number of fused-ring (bicyclic) bond motifs is 1. The predicted octanol–water partition coefficient (Wildman–Crippen LogP) is 6.11. The van der Waals surface area contributed by atoms with E-state index in [2.05, 4.69) is 21.2 Å². The minimum Gasteiger partial charge on any atom is -0.451 e. The van der Waals surface area contributed by atoms with Crippen LogP contribution in [-0.2, 0) is 0 Å². The minimum absolute atomic E-state index is 0.264. The second kappa shape index (κ2) is 6.57. The highest BCUT2D eigenvalue weighted by atomic mass is 79.9. The third-order valence-electron chi connectivity index (χ3n) is 4.00. The summed E-state index contributed by atoms with van der Waals surface area (Å²) in [4.78, 5) is 12.5. The van der Waals surface area contributed by atoms with Gasteiger partial charge < -0.3 is 9.73 Å². The number of amides is 1. The molecule has 0 aliphatic carbocycles. The molecule has 0 atom stereocenters. The summed E-state index contributed by atoms with van der Waals surface area (Å²) >= 11 is 3.41. The summed E-state index contributed by atoms with van der Waals surface area (Å²) < 4.78 is 6.73. The molecule has 0 unspecified atom stereocenters. The third-order valence-corrected chi connectivity index (χ3v) is 4.53. The van der Waals surface area contributed by atoms with E-state index in [1.807, 2.05) is 66.7 Å². The van der Waals surface area contributed by atoms with Crippen LogP contribution in [-0.4, -0.2) is 5.91 Å². The lowest BCUT2D eigenvalue weighted by molar-refractivity contribution is 0.0997. The van der Waals surface area contributed by atoms with Gasteiger partial charge in [0.15, 0.2) is 5.76 Å². The average molecular weight is 392 g/mol. The van der Waals surface area contributed by atoms with Gasteiger partial charge in [-0.1, -0.05) is 64.5 Å². The Bertz CT molecular complexity index is 1050. The van der Waals surface area contributed by atoms with Crippen LogP contribution in [0.2, 0.25) is 0 Å². The molecule has 0 spiro atoms. The fourth-order valence-corrected chi connectivity index (χ4v) is 3.01. The summed E-state index contributed by atoms with van der Waals surface area (Å²) in [6.07, 6.45) is 0. The maximum Gasteiger partial charge on any atom is 0.291 e. The zero-order valence-corrected chi connectivity index (χ0v) is 14.8. The van der Waals surface area contributed by atoms with Crippen molar-refractivity contribution in [3.8, 4) is 11.3 Å². The van der Waals surface area contributed by atoms with E-state index in [9.17, 15) is 4.79 Å². The molecule has 0 saturated heterocycles. The van der Waals surface area contributed by atoms with Crippen LogP contribution in [0.15, 0.2) is 87.8 Å². The number of benzene rings is 3. The summed E-state index contributed by atoms with van der Waals surface area (Å²) in [6.45, 7) is 0. The van der Waals surface area contributed by atoms with Crippen molar-refractivity contribution in [2.45, 2.75) is 0 Å². The quantitative estimate of drug-likeness (QED) is 0.457. The maximum atomic E-state index is 12.5. The minimum atomic E-state index is -0.264. The zero-order valence-electron chi connectivity index (χ0n) is 13.2. The van der Waals surface area contributed by atoms with E-state index in [0.29, 0.717) is 5.76 Å². The highest BCUT2D eigenvalue weighted by Crippen LogP contribution is 2.26. The number of halogens is 1. The number of carbonyl (C=O) groups is 1. The largest absolute Gasteiger partial charge is 0.451 e. The maximum absolute atomic E-state index is 12.5. The molecule has 0 aliphatic heterocycles. The van der Waals surface area contributed by atoms with Crippen molar-refractivity contribution in [3.63, 3.8) is 0 Å². The molecule has 0 fully saturated rings. The Kier molecular flexibility index (Phi) is 4.12. The number of hydrogen-bond donors (Lipinski definition) is 1. The molecule has 1 N–H and O–H groups in total. The molecule has 25 heavy (non-hydrogen) atoms. The molecule has 0 aliphatic rings. The SMILES string of the molecule is O=C(Nc1cccc2ccccc12)c1ccc(-c2ccc(Br)cc2)o1. The van der Waals surface area contributed by atoms with E-state index in [1.54, 1.807) is 12.1 Å². The van der Waals surface area contributed by atoms with Gasteiger partial charge in [0.1, 0.15) is 5.76 Å². The van der Waals surface area contributed by atoms with Gasteiger partial charge in [0.2, 0.25) is 0 Å².